The van der Waals surface area contributed by atoms with E-state index in [2.05, 4.69) is 12.2 Å². The van der Waals surface area contributed by atoms with Crippen molar-refractivity contribution in [1.29, 1.82) is 0 Å². The number of hydrogen-bond donors (Lipinski definition) is 0. The van der Waals surface area contributed by atoms with Crippen molar-refractivity contribution >= 4 is 12.0 Å². The molecule has 3 rings (SSSR count). The Morgan fingerprint density at radius 2 is 2.06 bits per heavy atom. The van der Waals surface area contributed by atoms with Crippen molar-refractivity contribution in [2.75, 3.05) is 26.3 Å². The number of allylic oxidation sites excluding steroid dienone is 1. The van der Waals surface area contributed by atoms with E-state index in [0.29, 0.717) is 26.3 Å². The number of rotatable bonds is 1. The Morgan fingerprint density at radius 3 is 2.88 bits per heavy atom. The van der Waals surface area contributed by atoms with Crippen LogP contribution in [-0.2, 0) is 11.2 Å². The third-order valence-corrected chi connectivity index (χ3v) is 3.32. The summed E-state index contributed by atoms with van der Waals surface area (Å²) >= 11 is 0. The average molecular weight is 229 g/mol. The molecule has 1 saturated heterocycles. The summed E-state index contributed by atoms with van der Waals surface area (Å²) < 4.78 is 5.26. The minimum atomic E-state index is 0.128. The van der Waals surface area contributed by atoms with Gasteiger partial charge in [0.05, 0.1) is 13.2 Å². The van der Waals surface area contributed by atoms with Gasteiger partial charge in [-0.15, -0.1) is 0 Å². The van der Waals surface area contributed by atoms with Crippen molar-refractivity contribution in [3.05, 3.63) is 41.0 Å². The fourth-order valence-electron chi connectivity index (χ4n) is 2.34. The molecule has 1 heterocycles. The molecule has 0 N–H and O–H groups in total. The monoisotopic (exact) mass is 229 g/mol. The lowest BCUT2D eigenvalue weighted by Gasteiger charge is -2.27. The van der Waals surface area contributed by atoms with E-state index >= 15 is 0 Å². The maximum absolute atomic E-state index is 12.2. The van der Waals surface area contributed by atoms with Gasteiger partial charge in [0.25, 0.3) is 5.91 Å². The van der Waals surface area contributed by atoms with E-state index in [1.807, 2.05) is 23.1 Å². The molecule has 0 bridgehead atoms. The van der Waals surface area contributed by atoms with E-state index in [-0.39, 0.29) is 5.91 Å². The number of carbonyl (C=O) groups excluding carboxylic acids is 1. The standard InChI is InChI=1S/C14H15NO2/c16-14(15-6-8-17-9-7-15)13-5-4-11-2-1-3-12(11)10-13/h1-2,4-5,10H,3,6-9H2. The molecular weight excluding hydrogens is 214 g/mol. The fourth-order valence-corrected chi connectivity index (χ4v) is 2.34. The number of morpholine rings is 1. The second kappa shape index (κ2) is 4.34. The van der Waals surface area contributed by atoms with Gasteiger partial charge in [-0.3, -0.25) is 4.79 Å². The Bertz CT molecular complexity index is 473. The molecule has 17 heavy (non-hydrogen) atoms. The van der Waals surface area contributed by atoms with E-state index in [9.17, 15) is 4.79 Å². The van der Waals surface area contributed by atoms with Gasteiger partial charge in [-0.2, -0.15) is 0 Å². The molecule has 1 aliphatic carbocycles. The van der Waals surface area contributed by atoms with Crippen LogP contribution in [0.1, 0.15) is 21.5 Å². The minimum absolute atomic E-state index is 0.128. The Labute approximate surface area is 101 Å². The van der Waals surface area contributed by atoms with Crippen molar-refractivity contribution in [3.63, 3.8) is 0 Å². The van der Waals surface area contributed by atoms with Crippen molar-refractivity contribution in [1.82, 2.24) is 4.90 Å². The van der Waals surface area contributed by atoms with E-state index < -0.39 is 0 Å². The van der Waals surface area contributed by atoms with Gasteiger partial charge in [0, 0.05) is 18.7 Å². The highest BCUT2D eigenvalue weighted by Crippen LogP contribution is 2.21. The lowest BCUT2D eigenvalue weighted by Crippen LogP contribution is -2.40. The molecule has 0 spiro atoms. The molecule has 2 aliphatic rings. The highest BCUT2D eigenvalue weighted by molar-refractivity contribution is 5.95. The molecule has 0 unspecified atom stereocenters. The average Bonchev–Trinajstić information content (AvgIpc) is 2.86. The fraction of sp³-hybridized carbons (Fsp3) is 0.357. The molecule has 1 amide bonds. The van der Waals surface area contributed by atoms with Crippen molar-refractivity contribution in [2.24, 2.45) is 0 Å². The van der Waals surface area contributed by atoms with Crippen molar-refractivity contribution in [2.45, 2.75) is 6.42 Å². The van der Waals surface area contributed by atoms with E-state index in [4.69, 9.17) is 4.74 Å². The number of benzene rings is 1. The second-order valence-corrected chi connectivity index (χ2v) is 4.42. The molecule has 1 aromatic carbocycles. The van der Waals surface area contributed by atoms with E-state index in [1.165, 1.54) is 11.1 Å². The summed E-state index contributed by atoms with van der Waals surface area (Å²) in [5.74, 6) is 0.128. The van der Waals surface area contributed by atoms with Crippen LogP contribution in [-0.4, -0.2) is 37.1 Å². The van der Waals surface area contributed by atoms with Crippen LogP contribution in [0.4, 0.5) is 0 Å². The molecule has 0 atom stereocenters. The van der Waals surface area contributed by atoms with Gasteiger partial charge < -0.3 is 9.64 Å². The molecular formula is C14H15NO2. The molecule has 3 nitrogen and oxygen atoms in total. The van der Waals surface area contributed by atoms with Crippen LogP contribution in [0.2, 0.25) is 0 Å². The third-order valence-electron chi connectivity index (χ3n) is 3.32. The number of ether oxygens (including phenoxy) is 1. The van der Waals surface area contributed by atoms with Crippen molar-refractivity contribution < 1.29 is 9.53 Å². The summed E-state index contributed by atoms with van der Waals surface area (Å²) in [6.45, 7) is 2.71. The van der Waals surface area contributed by atoms with Gasteiger partial charge in [-0.25, -0.2) is 0 Å². The first-order valence-electron chi connectivity index (χ1n) is 6.01. The zero-order valence-electron chi connectivity index (χ0n) is 9.69. The zero-order valence-corrected chi connectivity index (χ0v) is 9.69. The number of amides is 1. The predicted molar refractivity (Wildman–Crippen MR) is 65.9 cm³/mol. The summed E-state index contributed by atoms with van der Waals surface area (Å²) in [5, 5.41) is 0. The predicted octanol–water partition coefficient (Wildman–Crippen LogP) is 1.73. The van der Waals surface area contributed by atoms with Crippen LogP contribution < -0.4 is 0 Å². The van der Waals surface area contributed by atoms with E-state index in [0.717, 1.165) is 12.0 Å². The maximum Gasteiger partial charge on any atom is 0.254 e. The Balaban J connectivity index is 1.82. The van der Waals surface area contributed by atoms with Gasteiger partial charge in [-0.1, -0.05) is 18.2 Å². The first kappa shape index (κ1) is 10.5. The van der Waals surface area contributed by atoms with Crippen molar-refractivity contribution in [3.8, 4) is 0 Å². The summed E-state index contributed by atoms with van der Waals surface area (Å²) in [6, 6.07) is 5.98. The molecule has 1 fully saturated rings. The summed E-state index contributed by atoms with van der Waals surface area (Å²) in [5.41, 5.74) is 3.29. The molecule has 1 aliphatic heterocycles. The molecule has 0 aromatic heterocycles. The van der Waals surface area contributed by atoms with Crippen LogP contribution in [0.25, 0.3) is 6.08 Å². The highest BCUT2D eigenvalue weighted by Gasteiger charge is 2.19. The van der Waals surface area contributed by atoms with E-state index in [1.54, 1.807) is 0 Å². The maximum atomic E-state index is 12.2. The highest BCUT2D eigenvalue weighted by atomic mass is 16.5. The Hall–Kier alpha value is -1.61. The second-order valence-electron chi connectivity index (χ2n) is 4.42. The number of hydrogen-bond acceptors (Lipinski definition) is 2. The lowest BCUT2D eigenvalue weighted by molar-refractivity contribution is 0.0303. The molecule has 1 aromatic rings. The van der Waals surface area contributed by atoms with Gasteiger partial charge in [0.1, 0.15) is 0 Å². The molecule has 3 heteroatoms. The SMILES string of the molecule is O=C(c1ccc2c(c1)CC=C2)N1CCOCC1. The Kier molecular flexibility index (Phi) is 2.69. The van der Waals surface area contributed by atoms with Gasteiger partial charge >= 0.3 is 0 Å². The first-order chi connectivity index (χ1) is 8.34. The lowest BCUT2D eigenvalue weighted by atomic mass is 10.1. The summed E-state index contributed by atoms with van der Waals surface area (Å²) in [4.78, 5) is 14.1. The summed E-state index contributed by atoms with van der Waals surface area (Å²) in [6.07, 6.45) is 5.19. The van der Waals surface area contributed by atoms with Crippen LogP contribution >= 0.6 is 0 Å². The summed E-state index contributed by atoms with van der Waals surface area (Å²) in [7, 11) is 0. The van der Waals surface area contributed by atoms with Gasteiger partial charge in [-0.05, 0) is 29.7 Å². The number of carbonyl (C=O) groups is 1. The Morgan fingerprint density at radius 1 is 1.24 bits per heavy atom. The zero-order chi connectivity index (χ0) is 11.7. The molecule has 0 saturated carbocycles. The third kappa shape index (κ3) is 1.98. The van der Waals surface area contributed by atoms with Crippen LogP contribution in [0.5, 0.6) is 0 Å². The van der Waals surface area contributed by atoms with Gasteiger partial charge in [0.15, 0.2) is 0 Å². The van der Waals surface area contributed by atoms with Crippen LogP contribution in [0, 0.1) is 0 Å². The number of fused-ring (bicyclic) bond motifs is 1. The smallest absolute Gasteiger partial charge is 0.254 e. The van der Waals surface area contributed by atoms with Gasteiger partial charge in [0.2, 0.25) is 0 Å². The number of nitrogens with zero attached hydrogens (tertiary/aromatic N) is 1. The first-order valence-corrected chi connectivity index (χ1v) is 6.01. The molecule has 0 radical (unpaired) electrons. The molecule has 88 valence electrons. The normalized spacial score (nSPS) is 18.2. The largest absolute Gasteiger partial charge is 0.378 e. The van der Waals surface area contributed by atoms with Crippen LogP contribution in [0.15, 0.2) is 24.3 Å². The minimum Gasteiger partial charge on any atom is -0.378 e. The quantitative estimate of drug-likeness (QED) is 0.734. The topological polar surface area (TPSA) is 29.5 Å². The van der Waals surface area contributed by atoms with Crippen LogP contribution in [0.3, 0.4) is 0 Å².